The fourth-order valence-corrected chi connectivity index (χ4v) is 2.15. The van der Waals surface area contributed by atoms with Crippen LogP contribution in [-0.4, -0.2) is 45.9 Å². The van der Waals surface area contributed by atoms with Crippen LogP contribution in [0.3, 0.4) is 0 Å². The number of carbonyl (C=O) groups is 3. The molecule has 1 aromatic rings. The molecule has 8 nitrogen and oxygen atoms in total. The van der Waals surface area contributed by atoms with E-state index < -0.39 is 35.9 Å². The number of benzene rings is 1. The van der Waals surface area contributed by atoms with Crippen molar-refractivity contribution in [2.45, 2.75) is 44.9 Å². The van der Waals surface area contributed by atoms with Crippen molar-refractivity contribution in [3.63, 3.8) is 0 Å². The van der Waals surface area contributed by atoms with Gasteiger partial charge in [-0.15, -0.1) is 0 Å². The van der Waals surface area contributed by atoms with Gasteiger partial charge in [-0.2, -0.15) is 4.79 Å². The highest BCUT2D eigenvalue weighted by Gasteiger charge is 2.27. The first-order valence-corrected chi connectivity index (χ1v) is 8.27. The van der Waals surface area contributed by atoms with Gasteiger partial charge in [0.1, 0.15) is 6.04 Å². The molecule has 0 saturated heterocycles. The number of carbonyl (C=O) groups excluding carboxylic acids is 3. The lowest BCUT2D eigenvalue weighted by molar-refractivity contribution is -0.152. The topological polar surface area (TPSA) is 129 Å². The molecule has 0 aliphatic rings. The summed E-state index contributed by atoms with van der Waals surface area (Å²) in [6.45, 7) is 3.28. The van der Waals surface area contributed by atoms with Crippen molar-refractivity contribution in [3.05, 3.63) is 40.4 Å². The number of aliphatic hydroxyl groups excluding tert-OH is 1. The first kappa shape index (κ1) is 21.5. The van der Waals surface area contributed by atoms with E-state index >= 15 is 0 Å². The van der Waals surface area contributed by atoms with Gasteiger partial charge in [0, 0.05) is 11.4 Å². The van der Waals surface area contributed by atoms with Gasteiger partial charge in [-0.05, 0) is 38.0 Å². The third-order valence-electron chi connectivity index (χ3n) is 3.27. The zero-order chi connectivity index (χ0) is 19.7. The van der Waals surface area contributed by atoms with E-state index in [-0.39, 0.29) is 12.8 Å². The van der Waals surface area contributed by atoms with Crippen LogP contribution in [0.1, 0.15) is 38.4 Å². The smallest absolute Gasteiger partial charge is 0.328 e. The van der Waals surface area contributed by atoms with Crippen LogP contribution in [0.5, 0.6) is 0 Å². The fourth-order valence-electron chi connectivity index (χ4n) is 2.03. The molecule has 0 bridgehead atoms. The SMILES string of the molecule is CC(C)OC(=O)[C@H](CCC(=O)C=[N+]=[N-])NC(=O)[C@@H](O)c1ccc(Cl)cc1. The Kier molecular flexibility index (Phi) is 8.64. The largest absolute Gasteiger partial charge is 0.461 e. The van der Waals surface area contributed by atoms with Gasteiger partial charge in [0.25, 0.3) is 5.91 Å². The van der Waals surface area contributed by atoms with E-state index in [4.69, 9.17) is 21.9 Å². The molecule has 0 radical (unpaired) electrons. The average Bonchev–Trinajstić information content (AvgIpc) is 2.58. The number of ether oxygens (including phenoxy) is 1. The lowest BCUT2D eigenvalue weighted by atomic mass is 10.1. The summed E-state index contributed by atoms with van der Waals surface area (Å²) in [7, 11) is 0. The van der Waals surface area contributed by atoms with Gasteiger partial charge in [-0.25, -0.2) is 4.79 Å². The van der Waals surface area contributed by atoms with Gasteiger partial charge in [0.05, 0.1) is 6.10 Å². The van der Waals surface area contributed by atoms with E-state index in [0.29, 0.717) is 16.8 Å². The molecule has 0 saturated carbocycles. The molecule has 2 atom stereocenters. The summed E-state index contributed by atoms with van der Waals surface area (Å²) in [5.74, 6) is -2.07. The summed E-state index contributed by atoms with van der Waals surface area (Å²) >= 11 is 5.76. The Balaban J connectivity index is 2.83. The standard InChI is InChI=1S/C17H20ClN3O5/c1-10(2)26-17(25)14(8-7-13(22)9-20-19)21-16(24)15(23)11-3-5-12(18)6-4-11/h3-6,9-10,14-15,23H,7-8H2,1-2H3,(H,21,24)/t14-,15-/m0/s1. The van der Waals surface area contributed by atoms with Crippen LogP contribution in [0.2, 0.25) is 5.02 Å². The highest BCUT2D eigenvalue weighted by atomic mass is 35.5. The van der Waals surface area contributed by atoms with Crippen LogP contribution in [0.25, 0.3) is 5.53 Å². The molecule has 0 spiro atoms. The molecule has 140 valence electrons. The summed E-state index contributed by atoms with van der Waals surface area (Å²) in [4.78, 5) is 38.4. The molecule has 26 heavy (non-hydrogen) atoms. The highest BCUT2D eigenvalue weighted by molar-refractivity contribution is 6.30. The van der Waals surface area contributed by atoms with Gasteiger partial charge in [0.2, 0.25) is 5.78 Å². The summed E-state index contributed by atoms with van der Waals surface area (Å²) in [6, 6.07) is 4.86. The molecule has 1 aromatic carbocycles. The predicted molar refractivity (Wildman–Crippen MR) is 93.5 cm³/mol. The third kappa shape index (κ3) is 7.14. The van der Waals surface area contributed by atoms with Gasteiger partial charge in [0.15, 0.2) is 6.10 Å². The number of hydrogen-bond donors (Lipinski definition) is 2. The summed E-state index contributed by atoms with van der Waals surface area (Å²) in [5, 5.41) is 13.0. The Morgan fingerprint density at radius 2 is 1.92 bits per heavy atom. The second-order valence-electron chi connectivity index (χ2n) is 5.75. The summed E-state index contributed by atoms with van der Waals surface area (Å²) < 4.78 is 5.06. The number of nitrogens with one attached hydrogen (secondary N) is 1. The van der Waals surface area contributed by atoms with Gasteiger partial charge in [-0.1, -0.05) is 23.7 Å². The first-order chi connectivity index (χ1) is 12.2. The number of ketones is 1. The molecule has 0 aliphatic carbocycles. The number of hydrogen-bond acceptors (Lipinski definition) is 5. The Bertz CT molecular complexity index is 699. The van der Waals surface area contributed by atoms with Crippen LogP contribution in [0.15, 0.2) is 24.3 Å². The average molecular weight is 382 g/mol. The van der Waals surface area contributed by atoms with Crippen LogP contribution < -0.4 is 5.32 Å². The van der Waals surface area contributed by atoms with Gasteiger partial charge in [-0.3, -0.25) is 9.59 Å². The maximum absolute atomic E-state index is 12.2. The van der Waals surface area contributed by atoms with Crippen LogP contribution in [0, 0.1) is 0 Å². The van der Waals surface area contributed by atoms with Crippen molar-refractivity contribution in [3.8, 4) is 0 Å². The molecule has 0 aliphatic heterocycles. The maximum atomic E-state index is 12.2. The number of amides is 1. The van der Waals surface area contributed by atoms with Crippen LogP contribution in [0.4, 0.5) is 0 Å². The second-order valence-corrected chi connectivity index (χ2v) is 6.19. The zero-order valence-corrected chi connectivity index (χ0v) is 15.1. The Morgan fingerprint density at radius 1 is 1.31 bits per heavy atom. The molecular weight excluding hydrogens is 362 g/mol. The monoisotopic (exact) mass is 381 g/mol. The fraction of sp³-hybridized carbons (Fsp3) is 0.412. The number of rotatable bonds is 9. The molecule has 1 amide bonds. The molecule has 9 heteroatoms. The second kappa shape index (κ2) is 10.5. The zero-order valence-electron chi connectivity index (χ0n) is 14.4. The molecule has 2 N–H and O–H groups in total. The molecular formula is C17H20ClN3O5. The van der Waals surface area contributed by atoms with Crippen LogP contribution >= 0.6 is 11.6 Å². The normalized spacial score (nSPS) is 12.7. The van der Waals surface area contributed by atoms with E-state index in [1.54, 1.807) is 13.8 Å². The Hall–Kier alpha value is -2.54. The lowest BCUT2D eigenvalue weighted by Crippen LogP contribution is -2.44. The predicted octanol–water partition coefficient (Wildman–Crippen LogP) is 1.46. The number of halogens is 1. The Morgan fingerprint density at radius 3 is 2.46 bits per heavy atom. The Labute approximate surface area is 155 Å². The molecule has 0 heterocycles. The van der Waals surface area contributed by atoms with E-state index in [2.05, 4.69) is 10.1 Å². The van der Waals surface area contributed by atoms with Crippen molar-refractivity contribution < 1.29 is 29.0 Å². The van der Waals surface area contributed by atoms with Gasteiger partial charge < -0.3 is 20.7 Å². The molecule has 0 unspecified atom stereocenters. The van der Waals surface area contributed by atoms with E-state index in [0.717, 1.165) is 0 Å². The van der Waals surface area contributed by atoms with Crippen LogP contribution in [-0.2, 0) is 19.1 Å². The van der Waals surface area contributed by atoms with Crippen molar-refractivity contribution in [2.24, 2.45) is 0 Å². The van der Waals surface area contributed by atoms with Crippen molar-refractivity contribution in [2.75, 3.05) is 0 Å². The quantitative estimate of drug-likeness (QED) is 0.289. The summed E-state index contributed by atoms with van der Waals surface area (Å²) in [6.07, 6.45) is -1.46. The van der Waals surface area contributed by atoms with Gasteiger partial charge >= 0.3 is 12.2 Å². The molecule has 1 rings (SSSR count). The van der Waals surface area contributed by atoms with Crippen molar-refractivity contribution in [1.82, 2.24) is 5.32 Å². The number of esters is 1. The maximum Gasteiger partial charge on any atom is 0.328 e. The van der Waals surface area contributed by atoms with E-state index in [1.807, 2.05) is 0 Å². The number of Topliss-reactive ketones (excluding diaryl/α,β-unsaturated/α-hetero) is 1. The van der Waals surface area contributed by atoms with Crippen molar-refractivity contribution in [1.29, 1.82) is 0 Å². The lowest BCUT2D eigenvalue weighted by Gasteiger charge is -2.20. The minimum absolute atomic E-state index is 0.0739. The number of aliphatic hydroxyl groups is 1. The van der Waals surface area contributed by atoms with E-state index in [9.17, 15) is 19.5 Å². The third-order valence-corrected chi connectivity index (χ3v) is 3.52. The summed E-state index contributed by atoms with van der Waals surface area (Å²) in [5.41, 5.74) is 8.64. The minimum Gasteiger partial charge on any atom is -0.461 e. The van der Waals surface area contributed by atoms with E-state index in [1.165, 1.54) is 24.3 Å². The first-order valence-electron chi connectivity index (χ1n) is 7.89. The highest BCUT2D eigenvalue weighted by Crippen LogP contribution is 2.17. The van der Waals surface area contributed by atoms with Crippen molar-refractivity contribution >= 4 is 35.5 Å². The minimum atomic E-state index is -1.52. The molecule has 0 fully saturated rings. The number of nitrogens with zero attached hydrogens (tertiary/aromatic N) is 2. The molecule has 0 aromatic heterocycles.